The number of nitrogens with one attached hydrogen (secondary N) is 3. The molecule has 0 radical (unpaired) electrons. The monoisotopic (exact) mass is 509 g/mol. The Kier molecular flexibility index (Phi) is 12.8. The first-order chi connectivity index (χ1) is 17.7. The molecule has 36 heavy (non-hydrogen) atoms. The summed E-state index contributed by atoms with van der Waals surface area (Å²) < 4.78 is 5.74. The first-order valence-electron chi connectivity index (χ1n) is 13.0. The van der Waals surface area contributed by atoms with E-state index in [0.29, 0.717) is 37.1 Å². The number of amides is 1. The smallest absolute Gasteiger partial charge is 0.220 e. The van der Waals surface area contributed by atoms with Crippen molar-refractivity contribution in [2.24, 2.45) is 0 Å². The van der Waals surface area contributed by atoms with Gasteiger partial charge in [-0.3, -0.25) is 9.69 Å². The molecule has 1 aliphatic heterocycles. The topological polar surface area (TPSA) is 78.5 Å². The molecule has 0 saturated carbocycles. The van der Waals surface area contributed by atoms with E-state index in [4.69, 9.17) is 17.0 Å². The number of piperidine rings is 1. The summed E-state index contributed by atoms with van der Waals surface area (Å²) in [6.07, 6.45) is 11.7. The zero-order valence-electron chi connectivity index (χ0n) is 21.1. The van der Waals surface area contributed by atoms with Crippen LogP contribution in [0, 0.1) is 0 Å². The fourth-order valence-corrected chi connectivity index (χ4v) is 4.18. The van der Waals surface area contributed by atoms with Crippen molar-refractivity contribution in [3.05, 3.63) is 71.9 Å². The maximum Gasteiger partial charge on any atom is 0.220 e. The van der Waals surface area contributed by atoms with Crippen LogP contribution in [0.15, 0.2) is 60.8 Å². The fraction of sp³-hybridized carbons (Fsp3) is 0.464. The predicted molar refractivity (Wildman–Crippen MR) is 149 cm³/mol. The average molecular weight is 510 g/mol. The molecule has 1 aromatic carbocycles. The van der Waals surface area contributed by atoms with Gasteiger partial charge in [-0.15, -0.1) is 0 Å². The predicted octanol–water partition coefficient (Wildman–Crippen LogP) is 3.95. The van der Waals surface area contributed by atoms with Gasteiger partial charge in [0.25, 0.3) is 0 Å². The number of benzene rings is 1. The highest BCUT2D eigenvalue weighted by molar-refractivity contribution is 7.80. The van der Waals surface area contributed by atoms with Crippen LogP contribution in [0.2, 0.25) is 0 Å². The number of nitrogens with zero attached hydrogens (tertiary/aromatic N) is 2. The molecule has 1 fully saturated rings. The lowest BCUT2D eigenvalue weighted by molar-refractivity contribution is -0.120. The number of pyridine rings is 1. The van der Waals surface area contributed by atoms with Gasteiger partial charge in [-0.2, -0.15) is 0 Å². The van der Waals surface area contributed by atoms with E-state index in [1.165, 1.54) is 43.5 Å². The van der Waals surface area contributed by atoms with E-state index < -0.39 is 0 Å². The highest BCUT2D eigenvalue weighted by atomic mass is 32.1. The summed E-state index contributed by atoms with van der Waals surface area (Å²) >= 11 is 5.29. The number of aromatic nitrogens is 1. The molecule has 1 saturated heterocycles. The van der Waals surface area contributed by atoms with Gasteiger partial charge in [0.15, 0.2) is 5.11 Å². The van der Waals surface area contributed by atoms with Crippen LogP contribution in [-0.2, 0) is 17.9 Å². The van der Waals surface area contributed by atoms with Crippen molar-refractivity contribution >= 4 is 23.2 Å². The second-order valence-electron chi connectivity index (χ2n) is 8.98. The SMILES string of the molecule is O=C(CCCCNC(=S)NCc1ccccc1)NC/C=C\COc1cc(CN2CCCCC2)ccn1. The van der Waals surface area contributed by atoms with E-state index in [1.807, 2.05) is 42.6 Å². The Morgan fingerprint density at radius 2 is 1.83 bits per heavy atom. The molecule has 3 rings (SSSR count). The van der Waals surface area contributed by atoms with Crippen LogP contribution in [0.1, 0.15) is 49.7 Å². The number of unbranched alkanes of at least 4 members (excludes halogenated alkanes) is 1. The third-order valence-corrected chi connectivity index (χ3v) is 6.27. The number of likely N-dealkylation sites (tertiary alicyclic amines) is 1. The number of hydrogen-bond donors (Lipinski definition) is 3. The summed E-state index contributed by atoms with van der Waals surface area (Å²) in [6, 6.07) is 14.2. The lowest BCUT2D eigenvalue weighted by Crippen LogP contribution is -2.35. The van der Waals surface area contributed by atoms with Crippen LogP contribution >= 0.6 is 12.2 Å². The molecule has 2 heterocycles. The first kappa shape index (κ1) is 27.6. The lowest BCUT2D eigenvalue weighted by atomic mass is 10.1. The Labute approximate surface area is 220 Å². The van der Waals surface area contributed by atoms with Gasteiger partial charge < -0.3 is 20.7 Å². The number of rotatable bonds is 14. The van der Waals surface area contributed by atoms with Crippen molar-refractivity contribution in [3.8, 4) is 5.88 Å². The Morgan fingerprint density at radius 1 is 1.00 bits per heavy atom. The van der Waals surface area contributed by atoms with Crippen molar-refractivity contribution in [3.63, 3.8) is 0 Å². The minimum Gasteiger partial charge on any atom is -0.473 e. The van der Waals surface area contributed by atoms with Crippen molar-refractivity contribution in [2.75, 3.05) is 32.8 Å². The summed E-state index contributed by atoms with van der Waals surface area (Å²) in [4.78, 5) is 18.8. The summed E-state index contributed by atoms with van der Waals surface area (Å²) in [5.41, 5.74) is 2.42. The van der Waals surface area contributed by atoms with Gasteiger partial charge in [0.2, 0.25) is 11.8 Å². The minimum absolute atomic E-state index is 0.0532. The van der Waals surface area contributed by atoms with E-state index in [9.17, 15) is 4.79 Å². The van der Waals surface area contributed by atoms with Gasteiger partial charge in [0.05, 0.1) is 0 Å². The fourth-order valence-electron chi connectivity index (χ4n) is 4.00. The van der Waals surface area contributed by atoms with Crippen molar-refractivity contribution in [1.82, 2.24) is 25.8 Å². The molecule has 0 unspecified atom stereocenters. The minimum atomic E-state index is 0.0532. The van der Waals surface area contributed by atoms with Gasteiger partial charge in [0, 0.05) is 44.9 Å². The highest BCUT2D eigenvalue weighted by Crippen LogP contribution is 2.15. The molecule has 0 atom stereocenters. The normalized spacial score (nSPS) is 13.9. The Morgan fingerprint density at radius 3 is 2.67 bits per heavy atom. The number of ether oxygens (including phenoxy) is 1. The van der Waals surface area contributed by atoms with Crippen LogP contribution in [0.4, 0.5) is 0 Å². The Bertz CT molecular complexity index is 948. The molecule has 0 aliphatic carbocycles. The molecule has 1 amide bonds. The van der Waals surface area contributed by atoms with Gasteiger partial charge >= 0.3 is 0 Å². The number of carbonyl (C=O) groups is 1. The molecular weight excluding hydrogens is 470 g/mol. The Balaban J connectivity index is 1.18. The Hall–Kier alpha value is -2.97. The molecule has 1 aliphatic rings. The van der Waals surface area contributed by atoms with Crippen LogP contribution in [0.25, 0.3) is 0 Å². The molecule has 0 spiro atoms. The third-order valence-electron chi connectivity index (χ3n) is 5.98. The van der Waals surface area contributed by atoms with E-state index >= 15 is 0 Å². The highest BCUT2D eigenvalue weighted by Gasteiger charge is 2.10. The van der Waals surface area contributed by atoms with Gasteiger partial charge in [-0.1, -0.05) is 42.8 Å². The molecule has 7 nitrogen and oxygen atoms in total. The standard InChI is InChI=1S/C28H39N5O2S/c34-26(13-5-6-16-31-28(36)32-22-24-11-3-1-4-12-24)29-15-7-10-20-35-27-21-25(14-17-30-27)23-33-18-8-2-9-19-33/h1,3-4,7,10-12,14,17,21H,2,5-6,8-9,13,15-16,18-20,22-23H2,(H,29,34)(H2,31,32,36)/b10-7-. The van der Waals surface area contributed by atoms with Crippen molar-refractivity contribution in [2.45, 2.75) is 51.6 Å². The molecule has 1 aromatic heterocycles. The number of hydrogen-bond acceptors (Lipinski definition) is 5. The molecular formula is C28H39N5O2S. The lowest BCUT2D eigenvalue weighted by Gasteiger charge is -2.26. The number of thiocarbonyl (C=S) groups is 1. The second-order valence-corrected chi connectivity index (χ2v) is 9.39. The van der Waals surface area contributed by atoms with Crippen LogP contribution in [0.3, 0.4) is 0 Å². The zero-order chi connectivity index (χ0) is 25.3. The average Bonchev–Trinajstić information content (AvgIpc) is 2.90. The van der Waals surface area contributed by atoms with Crippen molar-refractivity contribution in [1.29, 1.82) is 0 Å². The van der Waals surface area contributed by atoms with E-state index in [-0.39, 0.29) is 5.91 Å². The summed E-state index contributed by atoms with van der Waals surface area (Å²) in [6.45, 7) is 5.67. The van der Waals surface area contributed by atoms with E-state index in [1.54, 1.807) is 0 Å². The van der Waals surface area contributed by atoms with E-state index in [2.05, 4.69) is 44.0 Å². The summed E-state index contributed by atoms with van der Waals surface area (Å²) in [7, 11) is 0. The van der Waals surface area contributed by atoms with Gasteiger partial charge in [0.1, 0.15) is 6.61 Å². The van der Waals surface area contributed by atoms with Crippen LogP contribution in [-0.4, -0.2) is 53.7 Å². The molecule has 2 aromatic rings. The van der Waals surface area contributed by atoms with Crippen LogP contribution in [0.5, 0.6) is 5.88 Å². The number of carbonyl (C=O) groups excluding carboxylic acids is 1. The van der Waals surface area contributed by atoms with Gasteiger partial charge in [-0.25, -0.2) is 4.98 Å². The quantitative estimate of drug-likeness (QED) is 0.202. The van der Waals surface area contributed by atoms with E-state index in [0.717, 1.165) is 25.9 Å². The third kappa shape index (κ3) is 11.6. The molecule has 194 valence electrons. The maximum absolute atomic E-state index is 12.0. The molecule has 3 N–H and O–H groups in total. The maximum atomic E-state index is 12.0. The molecule has 8 heteroatoms. The molecule has 0 bridgehead atoms. The van der Waals surface area contributed by atoms with Crippen molar-refractivity contribution < 1.29 is 9.53 Å². The second kappa shape index (κ2) is 16.7. The first-order valence-corrected chi connectivity index (χ1v) is 13.4. The largest absolute Gasteiger partial charge is 0.473 e. The summed E-state index contributed by atoms with van der Waals surface area (Å²) in [5.74, 6) is 0.693. The van der Waals surface area contributed by atoms with Crippen LogP contribution < -0.4 is 20.7 Å². The van der Waals surface area contributed by atoms with Gasteiger partial charge in [-0.05, 0) is 74.3 Å². The summed E-state index contributed by atoms with van der Waals surface area (Å²) in [5, 5.41) is 9.93. The zero-order valence-corrected chi connectivity index (χ0v) is 21.9.